The van der Waals surface area contributed by atoms with Gasteiger partial charge in [-0.25, -0.2) is 4.98 Å². The Bertz CT molecular complexity index is 552. The number of rotatable bonds is 4. The number of nitrogens with zero attached hydrogens (tertiary/aromatic N) is 3. The van der Waals surface area contributed by atoms with Crippen LogP contribution in [-0.2, 0) is 6.42 Å². The average molecular weight is 271 g/mol. The van der Waals surface area contributed by atoms with Crippen molar-refractivity contribution >= 4 is 5.69 Å². The van der Waals surface area contributed by atoms with Gasteiger partial charge in [0, 0.05) is 26.2 Å². The van der Waals surface area contributed by atoms with Crippen molar-refractivity contribution in [2.45, 2.75) is 25.3 Å². The molecule has 2 N–H and O–H groups in total. The predicted molar refractivity (Wildman–Crippen MR) is 79.9 cm³/mol. The SMILES string of the molecule is CN(C)c1ccc(Cc2nc(C3CCCN3)n[nH]2)cc1. The third kappa shape index (κ3) is 2.82. The second kappa shape index (κ2) is 5.63. The smallest absolute Gasteiger partial charge is 0.167 e. The van der Waals surface area contributed by atoms with Gasteiger partial charge in [0.25, 0.3) is 0 Å². The summed E-state index contributed by atoms with van der Waals surface area (Å²) in [6.07, 6.45) is 3.14. The van der Waals surface area contributed by atoms with Crippen molar-refractivity contribution in [2.75, 3.05) is 25.5 Å². The molecule has 1 unspecified atom stereocenters. The summed E-state index contributed by atoms with van der Waals surface area (Å²) in [5.41, 5.74) is 2.46. The van der Waals surface area contributed by atoms with Gasteiger partial charge in [0.1, 0.15) is 5.82 Å². The summed E-state index contributed by atoms with van der Waals surface area (Å²) in [5, 5.41) is 10.8. The third-order valence-electron chi connectivity index (χ3n) is 3.75. The van der Waals surface area contributed by atoms with Gasteiger partial charge in [-0.1, -0.05) is 12.1 Å². The van der Waals surface area contributed by atoms with E-state index in [9.17, 15) is 0 Å². The fourth-order valence-electron chi connectivity index (χ4n) is 2.56. The second-order valence-corrected chi connectivity index (χ2v) is 5.53. The molecule has 1 aliphatic rings. The normalized spacial score (nSPS) is 18.4. The zero-order valence-electron chi connectivity index (χ0n) is 12.1. The van der Waals surface area contributed by atoms with Crippen LogP contribution in [0.5, 0.6) is 0 Å². The molecule has 0 bridgehead atoms. The summed E-state index contributed by atoms with van der Waals surface area (Å²) in [4.78, 5) is 6.70. The maximum Gasteiger partial charge on any atom is 0.167 e. The Morgan fingerprint density at radius 1 is 1.25 bits per heavy atom. The summed E-state index contributed by atoms with van der Waals surface area (Å²) < 4.78 is 0. The lowest BCUT2D eigenvalue weighted by Crippen LogP contribution is -2.14. The van der Waals surface area contributed by atoms with Crippen LogP contribution in [0.1, 0.15) is 36.1 Å². The summed E-state index contributed by atoms with van der Waals surface area (Å²) >= 11 is 0. The van der Waals surface area contributed by atoms with E-state index in [-0.39, 0.29) is 0 Å². The fraction of sp³-hybridized carbons (Fsp3) is 0.467. The van der Waals surface area contributed by atoms with Crippen molar-refractivity contribution in [3.8, 4) is 0 Å². The molecule has 1 aliphatic heterocycles. The van der Waals surface area contributed by atoms with Crippen LogP contribution in [0.3, 0.4) is 0 Å². The first kappa shape index (κ1) is 13.1. The maximum absolute atomic E-state index is 4.61. The molecule has 1 atom stereocenters. The molecule has 3 rings (SSSR count). The molecule has 2 heterocycles. The van der Waals surface area contributed by atoms with Gasteiger partial charge < -0.3 is 10.2 Å². The number of anilines is 1. The number of nitrogens with one attached hydrogen (secondary N) is 2. The molecule has 2 aromatic rings. The lowest BCUT2D eigenvalue weighted by molar-refractivity contribution is 0.607. The molecule has 0 amide bonds. The molecular formula is C15H21N5. The quantitative estimate of drug-likeness (QED) is 0.891. The van der Waals surface area contributed by atoms with Crippen LogP contribution in [0.2, 0.25) is 0 Å². The molecule has 0 saturated carbocycles. The van der Waals surface area contributed by atoms with Crippen molar-refractivity contribution in [1.82, 2.24) is 20.5 Å². The van der Waals surface area contributed by atoms with Crippen LogP contribution in [0.25, 0.3) is 0 Å². The average Bonchev–Trinajstić information content (AvgIpc) is 3.09. The first-order chi connectivity index (χ1) is 9.72. The molecule has 5 heteroatoms. The predicted octanol–water partition coefficient (Wildman–Crippen LogP) is 1.89. The monoisotopic (exact) mass is 271 g/mol. The zero-order valence-corrected chi connectivity index (χ0v) is 12.1. The Labute approximate surface area is 119 Å². The highest BCUT2D eigenvalue weighted by atomic mass is 15.2. The van der Waals surface area contributed by atoms with Gasteiger partial charge in [-0.15, -0.1) is 0 Å². The summed E-state index contributed by atoms with van der Waals surface area (Å²) in [6.45, 7) is 1.07. The summed E-state index contributed by atoms with van der Waals surface area (Å²) in [7, 11) is 4.10. The molecule has 0 aliphatic carbocycles. The number of benzene rings is 1. The number of hydrogen-bond acceptors (Lipinski definition) is 4. The van der Waals surface area contributed by atoms with Gasteiger partial charge in [-0.3, -0.25) is 5.10 Å². The molecule has 0 spiro atoms. The molecule has 5 nitrogen and oxygen atoms in total. The van der Waals surface area contributed by atoms with Crippen LogP contribution < -0.4 is 10.2 Å². The van der Waals surface area contributed by atoms with Crippen molar-refractivity contribution in [3.05, 3.63) is 41.5 Å². The Hall–Kier alpha value is -1.88. The minimum atomic E-state index is 0.330. The van der Waals surface area contributed by atoms with E-state index >= 15 is 0 Å². The lowest BCUT2D eigenvalue weighted by atomic mass is 10.1. The molecule has 1 aromatic heterocycles. The van der Waals surface area contributed by atoms with Gasteiger partial charge in [0.05, 0.1) is 6.04 Å². The van der Waals surface area contributed by atoms with Gasteiger partial charge in [0.15, 0.2) is 5.82 Å². The second-order valence-electron chi connectivity index (χ2n) is 5.53. The van der Waals surface area contributed by atoms with E-state index in [1.165, 1.54) is 17.7 Å². The lowest BCUT2D eigenvalue weighted by Gasteiger charge is -2.12. The van der Waals surface area contributed by atoms with E-state index in [0.717, 1.165) is 31.0 Å². The highest BCUT2D eigenvalue weighted by Gasteiger charge is 2.20. The Morgan fingerprint density at radius 3 is 2.70 bits per heavy atom. The standard InChI is InChI=1S/C15H21N5/c1-20(2)12-7-5-11(6-8-12)10-14-17-15(19-18-14)13-4-3-9-16-13/h5-8,13,16H,3-4,9-10H2,1-2H3,(H,17,18,19). The molecule has 106 valence electrons. The number of H-pyrrole nitrogens is 1. The van der Waals surface area contributed by atoms with Crippen LogP contribution in [-0.4, -0.2) is 35.8 Å². The minimum absolute atomic E-state index is 0.330. The van der Waals surface area contributed by atoms with E-state index in [4.69, 9.17) is 0 Å². The van der Waals surface area contributed by atoms with Gasteiger partial charge in [-0.2, -0.15) is 5.10 Å². The zero-order chi connectivity index (χ0) is 13.9. The number of aromatic nitrogens is 3. The van der Waals surface area contributed by atoms with E-state index in [1.807, 2.05) is 14.1 Å². The topological polar surface area (TPSA) is 56.8 Å². The third-order valence-corrected chi connectivity index (χ3v) is 3.75. The fourth-order valence-corrected chi connectivity index (χ4v) is 2.56. The maximum atomic E-state index is 4.61. The van der Waals surface area contributed by atoms with Crippen molar-refractivity contribution < 1.29 is 0 Å². The van der Waals surface area contributed by atoms with Crippen LogP contribution >= 0.6 is 0 Å². The van der Waals surface area contributed by atoms with Crippen molar-refractivity contribution in [3.63, 3.8) is 0 Å². The Morgan fingerprint density at radius 2 is 2.05 bits per heavy atom. The van der Waals surface area contributed by atoms with Crippen molar-refractivity contribution in [1.29, 1.82) is 0 Å². The first-order valence-corrected chi connectivity index (χ1v) is 7.13. The van der Waals surface area contributed by atoms with E-state index in [2.05, 4.69) is 49.7 Å². The summed E-state index contributed by atoms with van der Waals surface area (Å²) in [6, 6.07) is 8.88. The van der Waals surface area contributed by atoms with Crippen molar-refractivity contribution in [2.24, 2.45) is 0 Å². The molecule has 1 aromatic carbocycles. The molecule has 20 heavy (non-hydrogen) atoms. The minimum Gasteiger partial charge on any atom is -0.378 e. The van der Waals surface area contributed by atoms with Gasteiger partial charge in [0.2, 0.25) is 0 Å². The molecule has 0 radical (unpaired) electrons. The van der Waals surface area contributed by atoms with Crippen LogP contribution in [0, 0.1) is 0 Å². The molecule has 1 fully saturated rings. The Kier molecular flexibility index (Phi) is 3.69. The van der Waals surface area contributed by atoms with E-state index in [0.29, 0.717) is 6.04 Å². The Balaban J connectivity index is 1.68. The van der Waals surface area contributed by atoms with E-state index in [1.54, 1.807) is 0 Å². The molecule has 1 saturated heterocycles. The number of hydrogen-bond donors (Lipinski definition) is 2. The molecular weight excluding hydrogens is 250 g/mol. The van der Waals surface area contributed by atoms with Crippen LogP contribution in [0.4, 0.5) is 5.69 Å². The van der Waals surface area contributed by atoms with Gasteiger partial charge >= 0.3 is 0 Å². The van der Waals surface area contributed by atoms with E-state index < -0.39 is 0 Å². The highest BCUT2D eigenvalue weighted by Crippen LogP contribution is 2.20. The largest absolute Gasteiger partial charge is 0.378 e. The highest BCUT2D eigenvalue weighted by molar-refractivity contribution is 5.46. The number of aromatic amines is 1. The first-order valence-electron chi connectivity index (χ1n) is 7.13. The van der Waals surface area contributed by atoms with Crippen LogP contribution in [0.15, 0.2) is 24.3 Å². The summed E-state index contributed by atoms with van der Waals surface area (Å²) in [5.74, 6) is 1.84. The van der Waals surface area contributed by atoms with Gasteiger partial charge in [-0.05, 0) is 37.1 Å².